The Bertz CT molecular complexity index is 986. The molecule has 0 bridgehead atoms. The first-order valence-electron chi connectivity index (χ1n) is 9.19. The number of benzene rings is 3. The van der Waals surface area contributed by atoms with Crippen LogP contribution in [0.2, 0.25) is 0 Å². The molecule has 3 aromatic carbocycles. The van der Waals surface area contributed by atoms with E-state index in [9.17, 15) is 10.2 Å². The van der Waals surface area contributed by atoms with Crippen LogP contribution in [0.5, 0.6) is 11.5 Å². The standard InChI is InChI=1S/C24H27BrO2/c1-23(2,3)18-12-15(13-19(22(18)27)24(4,5)6)21-17-9-8-16(25)11-14(17)7-10-20(21)26/h7-13,26-27H,1-6H3. The van der Waals surface area contributed by atoms with Crippen molar-refractivity contribution in [3.8, 4) is 22.6 Å². The first kappa shape index (κ1) is 19.8. The first-order chi connectivity index (χ1) is 12.4. The van der Waals surface area contributed by atoms with Gasteiger partial charge in [0, 0.05) is 21.2 Å². The molecule has 3 rings (SSSR count). The van der Waals surface area contributed by atoms with E-state index in [1.807, 2.05) is 36.4 Å². The zero-order chi connectivity index (χ0) is 20.1. The highest BCUT2D eigenvalue weighted by molar-refractivity contribution is 9.10. The zero-order valence-corrected chi connectivity index (χ0v) is 18.4. The van der Waals surface area contributed by atoms with E-state index < -0.39 is 0 Å². The summed E-state index contributed by atoms with van der Waals surface area (Å²) >= 11 is 3.52. The largest absolute Gasteiger partial charge is 0.507 e. The number of halogens is 1. The van der Waals surface area contributed by atoms with Gasteiger partial charge in [0.25, 0.3) is 0 Å². The molecule has 0 amide bonds. The van der Waals surface area contributed by atoms with E-state index in [4.69, 9.17) is 0 Å². The summed E-state index contributed by atoms with van der Waals surface area (Å²) in [5, 5.41) is 23.7. The first-order valence-corrected chi connectivity index (χ1v) is 9.98. The molecule has 0 atom stereocenters. The van der Waals surface area contributed by atoms with E-state index in [1.54, 1.807) is 6.07 Å². The Morgan fingerprint density at radius 2 is 1.30 bits per heavy atom. The maximum absolute atomic E-state index is 11.0. The zero-order valence-electron chi connectivity index (χ0n) is 16.8. The molecule has 0 saturated heterocycles. The average molecular weight is 427 g/mol. The van der Waals surface area contributed by atoms with Crippen molar-refractivity contribution in [2.45, 2.75) is 52.4 Å². The SMILES string of the molecule is CC(C)(C)c1cc(-c2c(O)ccc3cc(Br)ccc23)cc(C(C)(C)C)c1O. The van der Waals surface area contributed by atoms with Crippen molar-refractivity contribution >= 4 is 26.7 Å². The third-order valence-corrected chi connectivity index (χ3v) is 5.47. The summed E-state index contributed by atoms with van der Waals surface area (Å²) in [5.74, 6) is 0.594. The summed E-state index contributed by atoms with van der Waals surface area (Å²) in [6.07, 6.45) is 0. The van der Waals surface area contributed by atoms with Crippen molar-refractivity contribution in [2.24, 2.45) is 0 Å². The molecule has 0 heterocycles. The summed E-state index contributed by atoms with van der Waals surface area (Å²) in [6.45, 7) is 12.6. The maximum Gasteiger partial charge on any atom is 0.124 e. The van der Waals surface area contributed by atoms with E-state index in [0.29, 0.717) is 5.75 Å². The Morgan fingerprint density at radius 1 is 0.741 bits per heavy atom. The van der Waals surface area contributed by atoms with Crippen LogP contribution in [0.3, 0.4) is 0 Å². The van der Waals surface area contributed by atoms with Gasteiger partial charge in [-0.3, -0.25) is 0 Å². The molecule has 2 nitrogen and oxygen atoms in total. The van der Waals surface area contributed by atoms with Crippen molar-refractivity contribution in [2.75, 3.05) is 0 Å². The van der Waals surface area contributed by atoms with E-state index >= 15 is 0 Å². The van der Waals surface area contributed by atoms with E-state index in [2.05, 4.69) is 57.5 Å². The maximum atomic E-state index is 11.0. The van der Waals surface area contributed by atoms with Gasteiger partial charge >= 0.3 is 0 Å². The molecule has 0 fully saturated rings. The van der Waals surface area contributed by atoms with E-state index in [1.165, 1.54) is 0 Å². The van der Waals surface area contributed by atoms with Crippen LogP contribution >= 0.6 is 15.9 Å². The van der Waals surface area contributed by atoms with Gasteiger partial charge < -0.3 is 10.2 Å². The summed E-state index contributed by atoms with van der Waals surface area (Å²) in [7, 11) is 0. The van der Waals surface area contributed by atoms with Gasteiger partial charge in [0.1, 0.15) is 11.5 Å². The Labute approximate surface area is 170 Å². The molecule has 0 radical (unpaired) electrons. The third-order valence-electron chi connectivity index (χ3n) is 4.97. The molecule has 0 unspecified atom stereocenters. The number of phenolic OH excluding ortho intramolecular Hbond substituents is 2. The molecule has 0 aliphatic heterocycles. The lowest BCUT2D eigenvalue weighted by Crippen LogP contribution is -2.17. The predicted molar refractivity (Wildman–Crippen MR) is 118 cm³/mol. The molecule has 142 valence electrons. The van der Waals surface area contributed by atoms with Crippen LogP contribution < -0.4 is 0 Å². The van der Waals surface area contributed by atoms with Crippen molar-refractivity contribution in [1.82, 2.24) is 0 Å². The average Bonchev–Trinajstić information content (AvgIpc) is 2.53. The van der Waals surface area contributed by atoms with Crippen LogP contribution in [0.4, 0.5) is 0 Å². The molecule has 27 heavy (non-hydrogen) atoms. The highest BCUT2D eigenvalue weighted by Gasteiger charge is 2.27. The molecule has 0 spiro atoms. The normalized spacial score (nSPS) is 12.6. The van der Waals surface area contributed by atoms with Crippen LogP contribution in [0.25, 0.3) is 21.9 Å². The fourth-order valence-electron chi connectivity index (χ4n) is 3.51. The second kappa shape index (κ2) is 6.56. The van der Waals surface area contributed by atoms with Crippen LogP contribution in [-0.2, 0) is 10.8 Å². The lowest BCUT2D eigenvalue weighted by atomic mass is 9.77. The molecule has 0 aromatic heterocycles. The second-order valence-corrected chi connectivity index (χ2v) is 10.2. The van der Waals surface area contributed by atoms with Crippen molar-refractivity contribution < 1.29 is 10.2 Å². The minimum atomic E-state index is -0.219. The Morgan fingerprint density at radius 3 is 1.81 bits per heavy atom. The van der Waals surface area contributed by atoms with Crippen LogP contribution in [0.1, 0.15) is 52.7 Å². The topological polar surface area (TPSA) is 40.5 Å². The predicted octanol–water partition coefficient (Wildman–Crippen LogP) is 7.28. The summed E-state index contributed by atoms with van der Waals surface area (Å²) in [5.41, 5.74) is 3.06. The number of phenols is 2. The molecule has 0 aliphatic rings. The van der Waals surface area contributed by atoms with Crippen LogP contribution in [0, 0.1) is 0 Å². The van der Waals surface area contributed by atoms with Gasteiger partial charge in [-0.25, -0.2) is 0 Å². The molecule has 3 heteroatoms. The molecule has 3 aromatic rings. The number of aromatic hydroxyl groups is 2. The minimum Gasteiger partial charge on any atom is -0.507 e. The minimum absolute atomic E-state index is 0.219. The van der Waals surface area contributed by atoms with Gasteiger partial charge in [0.05, 0.1) is 0 Å². The lowest BCUT2D eigenvalue weighted by Gasteiger charge is -2.28. The molecule has 0 saturated carbocycles. The van der Waals surface area contributed by atoms with Crippen LogP contribution in [-0.4, -0.2) is 10.2 Å². The van der Waals surface area contributed by atoms with Gasteiger partial charge in [-0.15, -0.1) is 0 Å². The number of fused-ring (bicyclic) bond motifs is 1. The number of hydrogen-bond acceptors (Lipinski definition) is 2. The second-order valence-electron chi connectivity index (χ2n) is 9.25. The van der Waals surface area contributed by atoms with Crippen molar-refractivity contribution in [3.63, 3.8) is 0 Å². The Balaban J connectivity index is 2.42. The monoisotopic (exact) mass is 426 g/mol. The van der Waals surface area contributed by atoms with E-state index in [-0.39, 0.29) is 16.6 Å². The lowest BCUT2D eigenvalue weighted by molar-refractivity contribution is 0.423. The number of rotatable bonds is 1. The van der Waals surface area contributed by atoms with Crippen molar-refractivity contribution in [1.29, 1.82) is 0 Å². The Hall–Kier alpha value is -2.00. The fraction of sp³-hybridized carbons (Fsp3) is 0.333. The quantitative estimate of drug-likeness (QED) is 0.429. The molecular formula is C24H27BrO2. The van der Waals surface area contributed by atoms with Crippen LogP contribution in [0.15, 0.2) is 46.9 Å². The van der Waals surface area contributed by atoms with Gasteiger partial charge in [-0.1, -0.05) is 69.6 Å². The van der Waals surface area contributed by atoms with Gasteiger partial charge in [0.2, 0.25) is 0 Å². The highest BCUT2D eigenvalue weighted by atomic mass is 79.9. The molecular weight excluding hydrogens is 400 g/mol. The smallest absolute Gasteiger partial charge is 0.124 e. The number of hydrogen-bond donors (Lipinski definition) is 2. The van der Waals surface area contributed by atoms with Crippen molar-refractivity contribution in [3.05, 3.63) is 58.1 Å². The fourth-order valence-corrected chi connectivity index (χ4v) is 3.89. The van der Waals surface area contributed by atoms with Gasteiger partial charge in [-0.05, 0) is 57.5 Å². The van der Waals surface area contributed by atoms with Gasteiger partial charge in [-0.2, -0.15) is 0 Å². The third kappa shape index (κ3) is 3.70. The summed E-state index contributed by atoms with van der Waals surface area (Å²) in [4.78, 5) is 0. The summed E-state index contributed by atoms with van der Waals surface area (Å²) < 4.78 is 1.00. The van der Waals surface area contributed by atoms with Gasteiger partial charge in [0.15, 0.2) is 0 Å². The van der Waals surface area contributed by atoms with E-state index in [0.717, 1.165) is 37.5 Å². The Kier molecular flexibility index (Phi) is 4.80. The molecule has 0 aliphatic carbocycles. The highest BCUT2D eigenvalue weighted by Crippen LogP contribution is 2.45. The summed E-state index contributed by atoms with van der Waals surface area (Å²) in [6, 6.07) is 13.8. The molecule has 2 N–H and O–H groups in total.